The molecule has 7 nitrogen and oxygen atoms in total. The Labute approximate surface area is 173 Å². The standard InChI is InChI=1S/C21H21ClN6O/c1-14(15-5-3-2-4-6-15)25-21-26-19(23-11-12-29)18-13-24-28(20(18)27-21)17-9-7-16(22)8-10-17/h2-10,13-14,29H,11-12H2,1H3,(H2,23,25,26,27)/t14-/m0/s1. The molecule has 2 aromatic heterocycles. The lowest BCUT2D eigenvalue weighted by Crippen LogP contribution is -2.13. The van der Waals surface area contributed by atoms with Crippen LogP contribution in [0.3, 0.4) is 0 Å². The van der Waals surface area contributed by atoms with Crippen molar-refractivity contribution in [3.63, 3.8) is 0 Å². The summed E-state index contributed by atoms with van der Waals surface area (Å²) in [6.07, 6.45) is 1.72. The maximum absolute atomic E-state index is 9.22. The number of benzene rings is 2. The van der Waals surface area contributed by atoms with E-state index in [4.69, 9.17) is 16.6 Å². The van der Waals surface area contributed by atoms with E-state index in [1.54, 1.807) is 10.9 Å². The summed E-state index contributed by atoms with van der Waals surface area (Å²) in [7, 11) is 0. The average molecular weight is 409 g/mol. The molecule has 0 fully saturated rings. The average Bonchev–Trinajstić information content (AvgIpc) is 3.17. The van der Waals surface area contributed by atoms with Gasteiger partial charge in [0.05, 0.1) is 29.9 Å². The number of aliphatic hydroxyl groups excluding tert-OH is 1. The van der Waals surface area contributed by atoms with Crippen LogP contribution < -0.4 is 10.6 Å². The van der Waals surface area contributed by atoms with Gasteiger partial charge in [0.1, 0.15) is 5.82 Å². The van der Waals surface area contributed by atoms with E-state index in [0.29, 0.717) is 29.0 Å². The summed E-state index contributed by atoms with van der Waals surface area (Å²) in [5.41, 5.74) is 2.64. The number of hydrogen-bond donors (Lipinski definition) is 3. The summed E-state index contributed by atoms with van der Waals surface area (Å²) >= 11 is 6.02. The second-order valence-electron chi connectivity index (χ2n) is 6.59. The quantitative estimate of drug-likeness (QED) is 0.427. The van der Waals surface area contributed by atoms with Crippen molar-refractivity contribution in [3.8, 4) is 5.69 Å². The molecule has 0 saturated heterocycles. The van der Waals surface area contributed by atoms with Crippen molar-refractivity contribution < 1.29 is 5.11 Å². The summed E-state index contributed by atoms with van der Waals surface area (Å²) in [5, 5.41) is 21.6. The summed E-state index contributed by atoms with van der Waals surface area (Å²) in [5.74, 6) is 1.09. The molecule has 0 radical (unpaired) electrons. The van der Waals surface area contributed by atoms with Gasteiger partial charge in [0.15, 0.2) is 5.65 Å². The van der Waals surface area contributed by atoms with Crippen LogP contribution in [-0.4, -0.2) is 38.0 Å². The van der Waals surface area contributed by atoms with Gasteiger partial charge < -0.3 is 15.7 Å². The fourth-order valence-electron chi connectivity index (χ4n) is 3.07. The molecule has 0 bridgehead atoms. The number of rotatable bonds is 7. The largest absolute Gasteiger partial charge is 0.395 e. The van der Waals surface area contributed by atoms with Crippen molar-refractivity contribution in [2.24, 2.45) is 0 Å². The van der Waals surface area contributed by atoms with Crippen molar-refractivity contribution in [2.45, 2.75) is 13.0 Å². The van der Waals surface area contributed by atoms with Crippen molar-refractivity contribution in [1.29, 1.82) is 0 Å². The first-order valence-electron chi connectivity index (χ1n) is 9.33. The SMILES string of the molecule is C[C@H](Nc1nc(NCCO)c2cnn(-c3ccc(Cl)cc3)c2n1)c1ccccc1. The third-order valence-corrected chi connectivity index (χ3v) is 4.80. The molecule has 0 amide bonds. The molecule has 29 heavy (non-hydrogen) atoms. The molecule has 0 aliphatic carbocycles. The van der Waals surface area contributed by atoms with Gasteiger partial charge in [-0.3, -0.25) is 0 Å². The van der Waals surface area contributed by atoms with Gasteiger partial charge in [-0.25, -0.2) is 4.68 Å². The Morgan fingerprint density at radius 2 is 1.83 bits per heavy atom. The predicted octanol–water partition coefficient (Wildman–Crippen LogP) is 4.05. The molecule has 2 aromatic carbocycles. The highest BCUT2D eigenvalue weighted by Crippen LogP contribution is 2.26. The van der Waals surface area contributed by atoms with Crippen LogP contribution in [0.1, 0.15) is 18.5 Å². The van der Waals surface area contributed by atoms with E-state index in [0.717, 1.165) is 16.6 Å². The third kappa shape index (κ3) is 4.16. The van der Waals surface area contributed by atoms with Gasteiger partial charge in [-0.15, -0.1) is 0 Å². The summed E-state index contributed by atoms with van der Waals surface area (Å²) < 4.78 is 1.75. The zero-order chi connectivity index (χ0) is 20.2. The van der Waals surface area contributed by atoms with E-state index >= 15 is 0 Å². The van der Waals surface area contributed by atoms with E-state index in [2.05, 4.69) is 39.8 Å². The molecule has 4 aromatic rings. The van der Waals surface area contributed by atoms with Crippen molar-refractivity contribution in [2.75, 3.05) is 23.8 Å². The highest BCUT2D eigenvalue weighted by molar-refractivity contribution is 6.30. The van der Waals surface area contributed by atoms with Gasteiger partial charge in [0.25, 0.3) is 0 Å². The zero-order valence-electron chi connectivity index (χ0n) is 15.9. The minimum atomic E-state index is -0.00000227. The first-order valence-corrected chi connectivity index (χ1v) is 9.71. The Balaban J connectivity index is 1.76. The smallest absolute Gasteiger partial charge is 0.227 e. The first-order chi connectivity index (χ1) is 14.2. The number of aliphatic hydroxyl groups is 1. The number of nitrogens with zero attached hydrogens (tertiary/aromatic N) is 4. The fraction of sp³-hybridized carbons (Fsp3) is 0.190. The van der Waals surface area contributed by atoms with Crippen LogP contribution in [-0.2, 0) is 0 Å². The van der Waals surface area contributed by atoms with Gasteiger partial charge in [-0.05, 0) is 36.8 Å². The number of halogens is 1. The Morgan fingerprint density at radius 3 is 2.55 bits per heavy atom. The minimum absolute atomic E-state index is 0.00000227. The monoisotopic (exact) mass is 408 g/mol. The summed E-state index contributed by atoms with van der Waals surface area (Å²) in [6, 6.07) is 17.5. The maximum atomic E-state index is 9.22. The molecule has 148 valence electrons. The van der Waals surface area contributed by atoms with Gasteiger partial charge in [0.2, 0.25) is 5.95 Å². The van der Waals surface area contributed by atoms with Gasteiger partial charge in [-0.1, -0.05) is 41.9 Å². The molecule has 0 saturated carbocycles. The topological polar surface area (TPSA) is 87.9 Å². The van der Waals surface area contributed by atoms with E-state index < -0.39 is 0 Å². The molecular weight excluding hydrogens is 388 g/mol. The second-order valence-corrected chi connectivity index (χ2v) is 7.03. The van der Waals surface area contributed by atoms with Crippen LogP contribution in [0.2, 0.25) is 5.02 Å². The normalized spacial score (nSPS) is 12.1. The van der Waals surface area contributed by atoms with Crippen LogP contribution in [0.15, 0.2) is 60.8 Å². The zero-order valence-corrected chi connectivity index (χ0v) is 16.6. The van der Waals surface area contributed by atoms with Crippen LogP contribution in [0.5, 0.6) is 0 Å². The lowest BCUT2D eigenvalue weighted by Gasteiger charge is -2.16. The Kier molecular flexibility index (Phi) is 5.59. The number of nitrogens with one attached hydrogen (secondary N) is 2. The number of fused-ring (bicyclic) bond motifs is 1. The van der Waals surface area contributed by atoms with Crippen molar-refractivity contribution >= 4 is 34.4 Å². The van der Waals surface area contributed by atoms with E-state index in [1.807, 2.05) is 42.5 Å². The van der Waals surface area contributed by atoms with E-state index in [-0.39, 0.29) is 12.6 Å². The molecule has 0 unspecified atom stereocenters. The molecule has 0 aliphatic heterocycles. The van der Waals surface area contributed by atoms with Gasteiger partial charge in [-0.2, -0.15) is 15.1 Å². The highest BCUT2D eigenvalue weighted by Gasteiger charge is 2.15. The molecule has 8 heteroatoms. The van der Waals surface area contributed by atoms with Crippen molar-refractivity contribution in [1.82, 2.24) is 19.7 Å². The van der Waals surface area contributed by atoms with Crippen LogP contribution in [0.25, 0.3) is 16.7 Å². The molecule has 0 spiro atoms. The molecule has 0 aliphatic rings. The first kappa shape index (κ1) is 19.2. The number of anilines is 2. The maximum Gasteiger partial charge on any atom is 0.227 e. The predicted molar refractivity (Wildman–Crippen MR) is 116 cm³/mol. The lowest BCUT2D eigenvalue weighted by molar-refractivity contribution is 0.311. The van der Waals surface area contributed by atoms with Crippen molar-refractivity contribution in [3.05, 3.63) is 71.4 Å². The molecule has 4 rings (SSSR count). The van der Waals surface area contributed by atoms with Crippen LogP contribution in [0, 0.1) is 0 Å². The summed E-state index contributed by atoms with van der Waals surface area (Å²) in [4.78, 5) is 9.32. The Morgan fingerprint density at radius 1 is 1.07 bits per heavy atom. The molecule has 1 atom stereocenters. The van der Waals surface area contributed by atoms with E-state index in [9.17, 15) is 5.11 Å². The van der Waals surface area contributed by atoms with Crippen LogP contribution >= 0.6 is 11.6 Å². The number of hydrogen-bond acceptors (Lipinski definition) is 6. The minimum Gasteiger partial charge on any atom is -0.395 e. The van der Waals surface area contributed by atoms with Gasteiger partial charge in [0, 0.05) is 11.6 Å². The second kappa shape index (κ2) is 8.46. The third-order valence-electron chi connectivity index (χ3n) is 4.55. The lowest BCUT2D eigenvalue weighted by atomic mass is 10.1. The molecular formula is C21H21ClN6O. The van der Waals surface area contributed by atoms with Gasteiger partial charge >= 0.3 is 0 Å². The molecule has 3 N–H and O–H groups in total. The van der Waals surface area contributed by atoms with E-state index in [1.165, 1.54) is 0 Å². The highest BCUT2D eigenvalue weighted by atomic mass is 35.5. The molecule has 2 heterocycles. The Bertz CT molecular complexity index is 1100. The Hall–Kier alpha value is -3.16. The summed E-state index contributed by atoms with van der Waals surface area (Å²) in [6.45, 7) is 2.44. The fourth-order valence-corrected chi connectivity index (χ4v) is 3.20. The van der Waals surface area contributed by atoms with Crippen LogP contribution in [0.4, 0.5) is 11.8 Å². The number of aromatic nitrogens is 4.